The number of nitrogens with one attached hydrogen (secondary N) is 1. The second-order valence-corrected chi connectivity index (χ2v) is 6.87. The number of benzene rings is 2. The number of methoxy groups -OCH3 is 2. The standard InChI is InChI=1S/C22H32N4O3/c1-26(2)12-13-29-19-7-5-6-18(14-19)16-25-22(23)24-11-10-17-8-9-20(27-3)21(15-17)28-4/h5-9,14-15H,10-13,16H2,1-4H3,(H3,23,24,25). The van der Waals surface area contributed by atoms with Gasteiger partial charge in [0.05, 0.1) is 20.8 Å². The molecule has 0 unspecified atom stereocenters. The minimum absolute atomic E-state index is 0.421. The second-order valence-electron chi connectivity index (χ2n) is 6.87. The van der Waals surface area contributed by atoms with Crippen molar-refractivity contribution in [2.45, 2.75) is 13.0 Å². The number of hydrogen-bond donors (Lipinski definition) is 2. The maximum Gasteiger partial charge on any atom is 0.188 e. The molecule has 2 aromatic rings. The summed E-state index contributed by atoms with van der Waals surface area (Å²) in [5.74, 6) is 2.71. The smallest absolute Gasteiger partial charge is 0.188 e. The summed E-state index contributed by atoms with van der Waals surface area (Å²) in [6.45, 7) is 2.71. The lowest BCUT2D eigenvalue weighted by Crippen LogP contribution is -2.33. The molecule has 0 atom stereocenters. The van der Waals surface area contributed by atoms with E-state index in [1.165, 1.54) is 0 Å². The molecule has 0 amide bonds. The molecule has 0 fully saturated rings. The van der Waals surface area contributed by atoms with Gasteiger partial charge in [-0.3, -0.25) is 0 Å². The largest absolute Gasteiger partial charge is 0.493 e. The Balaban J connectivity index is 1.80. The summed E-state index contributed by atoms with van der Waals surface area (Å²) in [5, 5.41) is 3.15. The van der Waals surface area contributed by atoms with Crippen LogP contribution >= 0.6 is 0 Å². The Morgan fingerprint density at radius 1 is 1.03 bits per heavy atom. The predicted molar refractivity (Wildman–Crippen MR) is 117 cm³/mol. The molecule has 0 radical (unpaired) electrons. The SMILES string of the molecule is COc1ccc(CCNC(N)=NCc2cccc(OCCN(C)C)c2)cc1OC. The van der Waals surface area contributed by atoms with E-state index in [-0.39, 0.29) is 0 Å². The summed E-state index contributed by atoms with van der Waals surface area (Å²) in [6, 6.07) is 13.8. The zero-order chi connectivity index (χ0) is 21.1. The van der Waals surface area contributed by atoms with Gasteiger partial charge in [0.2, 0.25) is 0 Å². The van der Waals surface area contributed by atoms with E-state index in [0.29, 0.717) is 25.7 Å². The average molecular weight is 401 g/mol. The van der Waals surface area contributed by atoms with Crippen molar-refractivity contribution in [3.63, 3.8) is 0 Å². The summed E-state index contributed by atoms with van der Waals surface area (Å²) in [7, 11) is 7.31. The minimum atomic E-state index is 0.421. The summed E-state index contributed by atoms with van der Waals surface area (Å²) in [6.07, 6.45) is 0.797. The summed E-state index contributed by atoms with van der Waals surface area (Å²) >= 11 is 0. The molecule has 0 saturated heterocycles. The molecular formula is C22H32N4O3. The number of nitrogens with zero attached hydrogens (tertiary/aromatic N) is 2. The number of nitrogens with two attached hydrogens (primary N) is 1. The first-order valence-electron chi connectivity index (χ1n) is 9.63. The van der Waals surface area contributed by atoms with E-state index in [0.717, 1.165) is 41.3 Å². The third-order valence-corrected chi connectivity index (χ3v) is 4.31. The van der Waals surface area contributed by atoms with Gasteiger partial charge in [0, 0.05) is 13.1 Å². The van der Waals surface area contributed by atoms with Crippen molar-refractivity contribution in [3.8, 4) is 17.2 Å². The van der Waals surface area contributed by atoms with Crippen LogP contribution in [0.15, 0.2) is 47.5 Å². The van der Waals surface area contributed by atoms with E-state index in [4.69, 9.17) is 19.9 Å². The Labute approximate surface area is 173 Å². The first-order valence-corrected chi connectivity index (χ1v) is 9.63. The van der Waals surface area contributed by atoms with Crippen LogP contribution in [-0.4, -0.2) is 58.9 Å². The van der Waals surface area contributed by atoms with E-state index in [9.17, 15) is 0 Å². The van der Waals surface area contributed by atoms with Gasteiger partial charge in [-0.05, 0) is 55.9 Å². The topological polar surface area (TPSA) is 81.3 Å². The van der Waals surface area contributed by atoms with Gasteiger partial charge in [0.1, 0.15) is 12.4 Å². The van der Waals surface area contributed by atoms with E-state index in [1.54, 1.807) is 14.2 Å². The molecule has 158 valence electrons. The lowest BCUT2D eigenvalue weighted by atomic mass is 10.1. The lowest BCUT2D eigenvalue weighted by Gasteiger charge is -2.11. The van der Waals surface area contributed by atoms with Crippen LogP contribution in [0.2, 0.25) is 0 Å². The van der Waals surface area contributed by atoms with Gasteiger partial charge >= 0.3 is 0 Å². The maximum absolute atomic E-state index is 6.00. The van der Waals surface area contributed by atoms with Crippen molar-refractivity contribution in [1.82, 2.24) is 10.2 Å². The average Bonchev–Trinajstić information content (AvgIpc) is 2.72. The highest BCUT2D eigenvalue weighted by Gasteiger charge is 2.04. The molecule has 0 aliphatic rings. The molecule has 0 aliphatic carbocycles. The number of hydrogen-bond acceptors (Lipinski definition) is 5. The molecule has 7 nitrogen and oxygen atoms in total. The molecule has 29 heavy (non-hydrogen) atoms. The summed E-state index contributed by atoms with van der Waals surface area (Å²) in [5.41, 5.74) is 8.18. The van der Waals surface area contributed by atoms with Crippen molar-refractivity contribution < 1.29 is 14.2 Å². The third-order valence-electron chi connectivity index (χ3n) is 4.31. The fourth-order valence-electron chi connectivity index (χ4n) is 2.68. The number of aliphatic imine (C=N–C) groups is 1. The predicted octanol–water partition coefficient (Wildman–Crippen LogP) is 2.29. The highest BCUT2D eigenvalue weighted by molar-refractivity contribution is 5.77. The Kier molecular flexibility index (Phi) is 9.11. The Bertz CT molecular complexity index is 793. The molecule has 0 aliphatic heterocycles. The van der Waals surface area contributed by atoms with Crippen molar-refractivity contribution in [2.75, 3.05) is 48.0 Å². The van der Waals surface area contributed by atoms with Crippen LogP contribution in [0.4, 0.5) is 0 Å². The van der Waals surface area contributed by atoms with Crippen molar-refractivity contribution in [3.05, 3.63) is 53.6 Å². The summed E-state index contributed by atoms with van der Waals surface area (Å²) in [4.78, 5) is 6.50. The second kappa shape index (κ2) is 11.8. The van der Waals surface area contributed by atoms with Crippen molar-refractivity contribution >= 4 is 5.96 Å². The van der Waals surface area contributed by atoms with Gasteiger partial charge in [-0.1, -0.05) is 18.2 Å². The fourth-order valence-corrected chi connectivity index (χ4v) is 2.68. The van der Waals surface area contributed by atoms with Gasteiger partial charge in [0.25, 0.3) is 0 Å². The molecule has 0 aromatic heterocycles. The quantitative estimate of drug-likeness (QED) is 0.445. The van der Waals surface area contributed by atoms with Crippen LogP contribution in [-0.2, 0) is 13.0 Å². The van der Waals surface area contributed by atoms with Crippen LogP contribution in [0, 0.1) is 0 Å². The zero-order valence-corrected chi connectivity index (χ0v) is 17.8. The maximum atomic E-state index is 6.00. The Hall–Kier alpha value is -2.93. The summed E-state index contributed by atoms with van der Waals surface area (Å²) < 4.78 is 16.3. The van der Waals surface area contributed by atoms with Crippen LogP contribution in [0.5, 0.6) is 17.2 Å². The van der Waals surface area contributed by atoms with E-state index >= 15 is 0 Å². The highest BCUT2D eigenvalue weighted by atomic mass is 16.5. The van der Waals surface area contributed by atoms with Crippen LogP contribution in [0.3, 0.4) is 0 Å². The van der Waals surface area contributed by atoms with Gasteiger partial charge < -0.3 is 30.2 Å². The van der Waals surface area contributed by atoms with Crippen molar-refractivity contribution in [2.24, 2.45) is 10.7 Å². The van der Waals surface area contributed by atoms with Crippen LogP contribution in [0.25, 0.3) is 0 Å². The van der Waals surface area contributed by atoms with Gasteiger partial charge in [0.15, 0.2) is 17.5 Å². The Morgan fingerprint density at radius 3 is 2.55 bits per heavy atom. The first kappa shape index (κ1) is 22.4. The zero-order valence-electron chi connectivity index (χ0n) is 17.8. The fraction of sp³-hybridized carbons (Fsp3) is 0.409. The number of ether oxygens (including phenoxy) is 3. The first-order chi connectivity index (χ1) is 14.0. The molecule has 2 rings (SSSR count). The molecule has 0 saturated carbocycles. The third kappa shape index (κ3) is 7.91. The minimum Gasteiger partial charge on any atom is -0.493 e. The molecule has 2 aromatic carbocycles. The molecular weight excluding hydrogens is 368 g/mol. The molecule has 7 heteroatoms. The van der Waals surface area contributed by atoms with Gasteiger partial charge in [-0.25, -0.2) is 4.99 Å². The van der Waals surface area contributed by atoms with Crippen molar-refractivity contribution in [1.29, 1.82) is 0 Å². The molecule has 3 N–H and O–H groups in total. The normalized spacial score (nSPS) is 11.4. The monoisotopic (exact) mass is 400 g/mol. The Morgan fingerprint density at radius 2 is 1.83 bits per heavy atom. The number of likely N-dealkylation sites (N-methyl/N-ethyl adjacent to an activating group) is 1. The highest BCUT2D eigenvalue weighted by Crippen LogP contribution is 2.27. The number of guanidine groups is 1. The van der Waals surface area contributed by atoms with Gasteiger partial charge in [-0.2, -0.15) is 0 Å². The van der Waals surface area contributed by atoms with Gasteiger partial charge in [-0.15, -0.1) is 0 Å². The molecule has 0 heterocycles. The van der Waals surface area contributed by atoms with Crippen LogP contribution in [0.1, 0.15) is 11.1 Å². The number of rotatable bonds is 11. The van der Waals surface area contributed by atoms with E-state index in [1.807, 2.05) is 56.6 Å². The van der Waals surface area contributed by atoms with E-state index in [2.05, 4.69) is 15.2 Å². The lowest BCUT2D eigenvalue weighted by molar-refractivity contribution is 0.261. The van der Waals surface area contributed by atoms with Crippen LogP contribution < -0.4 is 25.3 Å². The molecule has 0 spiro atoms. The van der Waals surface area contributed by atoms with E-state index < -0.39 is 0 Å². The molecule has 0 bridgehead atoms.